The van der Waals surface area contributed by atoms with Gasteiger partial charge in [-0.1, -0.05) is 13.8 Å². The van der Waals surface area contributed by atoms with Gasteiger partial charge in [-0.05, 0) is 39.0 Å². The Morgan fingerprint density at radius 1 is 1.28 bits per heavy atom. The van der Waals surface area contributed by atoms with E-state index in [0.717, 1.165) is 25.0 Å². The maximum atomic E-state index is 5.54. The average Bonchev–Trinajstić information content (AvgIpc) is 2.75. The molecule has 1 N–H and O–H groups in total. The summed E-state index contributed by atoms with van der Waals surface area (Å²) >= 11 is 0. The second-order valence-electron chi connectivity index (χ2n) is 7.07. The van der Waals surface area contributed by atoms with Crippen LogP contribution in [0.5, 0.6) is 0 Å². The minimum absolute atomic E-state index is 0.247. The van der Waals surface area contributed by atoms with E-state index in [4.69, 9.17) is 4.74 Å². The predicted molar refractivity (Wildman–Crippen MR) is 75.8 cm³/mol. The molecular weight excluding hydrogens is 224 g/mol. The third-order valence-electron chi connectivity index (χ3n) is 4.72. The zero-order chi connectivity index (χ0) is 13.3. The monoisotopic (exact) mass is 254 g/mol. The Morgan fingerprint density at radius 3 is 2.56 bits per heavy atom. The molecule has 2 rings (SSSR count). The number of methoxy groups -OCH3 is 1. The molecule has 1 saturated carbocycles. The highest BCUT2D eigenvalue weighted by Crippen LogP contribution is 2.31. The van der Waals surface area contributed by atoms with Crippen molar-refractivity contribution in [2.24, 2.45) is 5.92 Å². The number of ether oxygens (including phenoxy) is 1. The largest absolute Gasteiger partial charge is 0.381 e. The van der Waals surface area contributed by atoms with Gasteiger partial charge in [0.05, 0.1) is 6.10 Å². The fourth-order valence-electron chi connectivity index (χ4n) is 3.58. The summed E-state index contributed by atoms with van der Waals surface area (Å²) in [5.74, 6) is 0.718. The van der Waals surface area contributed by atoms with Gasteiger partial charge in [0.25, 0.3) is 0 Å². The average molecular weight is 254 g/mol. The number of rotatable bonds is 3. The fourth-order valence-corrected chi connectivity index (χ4v) is 3.58. The maximum Gasteiger partial charge on any atom is 0.0586 e. The Hall–Kier alpha value is -0.120. The number of piperazine rings is 1. The molecule has 0 bridgehead atoms. The van der Waals surface area contributed by atoms with Crippen molar-refractivity contribution in [2.45, 2.75) is 70.7 Å². The van der Waals surface area contributed by atoms with Crippen LogP contribution in [0.1, 0.15) is 47.0 Å². The molecular formula is C15H30N2O. The van der Waals surface area contributed by atoms with E-state index in [1.807, 2.05) is 7.11 Å². The first kappa shape index (κ1) is 14.3. The van der Waals surface area contributed by atoms with Crippen LogP contribution in [-0.4, -0.2) is 48.8 Å². The molecule has 0 spiro atoms. The van der Waals surface area contributed by atoms with Crippen LogP contribution in [0.25, 0.3) is 0 Å². The lowest BCUT2D eigenvalue weighted by Crippen LogP contribution is -2.64. The van der Waals surface area contributed by atoms with Crippen molar-refractivity contribution < 1.29 is 4.74 Å². The normalized spacial score (nSPS) is 37.3. The van der Waals surface area contributed by atoms with E-state index in [1.165, 1.54) is 19.3 Å². The summed E-state index contributed by atoms with van der Waals surface area (Å²) in [6.07, 6.45) is 4.24. The Kier molecular flexibility index (Phi) is 4.35. The van der Waals surface area contributed by atoms with E-state index >= 15 is 0 Å². The Labute approximate surface area is 112 Å². The Morgan fingerprint density at radius 2 is 2.00 bits per heavy atom. The fraction of sp³-hybridized carbons (Fsp3) is 1.00. The van der Waals surface area contributed by atoms with Gasteiger partial charge in [-0.25, -0.2) is 0 Å². The van der Waals surface area contributed by atoms with Gasteiger partial charge >= 0.3 is 0 Å². The molecule has 1 saturated heterocycles. The summed E-state index contributed by atoms with van der Waals surface area (Å²) in [5.41, 5.74) is 0.247. The van der Waals surface area contributed by atoms with Gasteiger partial charge in [0.15, 0.2) is 0 Å². The molecule has 0 radical (unpaired) electrons. The van der Waals surface area contributed by atoms with Crippen molar-refractivity contribution in [1.29, 1.82) is 0 Å². The molecule has 0 aromatic heterocycles. The van der Waals surface area contributed by atoms with E-state index in [1.54, 1.807) is 0 Å². The van der Waals surface area contributed by atoms with E-state index in [-0.39, 0.29) is 5.54 Å². The van der Waals surface area contributed by atoms with Crippen molar-refractivity contribution in [1.82, 2.24) is 10.2 Å². The quantitative estimate of drug-likeness (QED) is 0.836. The van der Waals surface area contributed by atoms with E-state index in [0.29, 0.717) is 12.1 Å². The minimum atomic E-state index is 0.247. The molecule has 18 heavy (non-hydrogen) atoms. The number of nitrogens with one attached hydrogen (secondary N) is 1. The smallest absolute Gasteiger partial charge is 0.0586 e. The van der Waals surface area contributed by atoms with Crippen molar-refractivity contribution in [2.75, 3.05) is 20.2 Å². The van der Waals surface area contributed by atoms with Gasteiger partial charge in [0.2, 0.25) is 0 Å². The van der Waals surface area contributed by atoms with Crippen molar-refractivity contribution >= 4 is 0 Å². The van der Waals surface area contributed by atoms with E-state index < -0.39 is 0 Å². The zero-order valence-corrected chi connectivity index (χ0v) is 12.7. The van der Waals surface area contributed by atoms with Gasteiger partial charge in [-0.3, -0.25) is 4.90 Å². The summed E-state index contributed by atoms with van der Waals surface area (Å²) < 4.78 is 5.54. The molecule has 1 aliphatic heterocycles. The molecule has 3 atom stereocenters. The Balaban J connectivity index is 2.06. The lowest BCUT2D eigenvalue weighted by molar-refractivity contribution is 0.0248. The van der Waals surface area contributed by atoms with Crippen LogP contribution >= 0.6 is 0 Å². The highest BCUT2D eigenvalue weighted by molar-refractivity contribution is 4.98. The lowest BCUT2D eigenvalue weighted by atomic mass is 9.91. The maximum absolute atomic E-state index is 5.54. The third-order valence-corrected chi connectivity index (χ3v) is 4.72. The summed E-state index contributed by atoms with van der Waals surface area (Å²) in [5, 5.41) is 3.70. The van der Waals surface area contributed by atoms with Crippen LogP contribution in [0.15, 0.2) is 0 Å². The molecule has 0 aromatic carbocycles. The SMILES string of the molecule is COC1CCC(N2CC(C)(C)NCC2C(C)C)C1. The second-order valence-corrected chi connectivity index (χ2v) is 7.07. The number of nitrogens with zero attached hydrogens (tertiary/aromatic N) is 1. The second kappa shape index (κ2) is 5.48. The summed E-state index contributed by atoms with van der Waals surface area (Å²) in [4.78, 5) is 2.76. The molecule has 1 aliphatic carbocycles. The van der Waals surface area contributed by atoms with E-state index in [2.05, 4.69) is 37.9 Å². The highest BCUT2D eigenvalue weighted by atomic mass is 16.5. The molecule has 1 heterocycles. The number of hydrogen-bond donors (Lipinski definition) is 1. The summed E-state index contributed by atoms with van der Waals surface area (Å²) in [6.45, 7) is 11.6. The van der Waals surface area contributed by atoms with Crippen LogP contribution < -0.4 is 5.32 Å². The molecule has 3 nitrogen and oxygen atoms in total. The standard InChI is InChI=1S/C15H30N2O/c1-11(2)14-9-16-15(3,4)10-17(14)12-6-7-13(8-12)18-5/h11-14,16H,6-10H2,1-5H3. The van der Waals surface area contributed by atoms with Crippen LogP contribution in [0.3, 0.4) is 0 Å². The van der Waals surface area contributed by atoms with E-state index in [9.17, 15) is 0 Å². The molecule has 0 aromatic rings. The van der Waals surface area contributed by atoms with Crippen molar-refractivity contribution in [3.8, 4) is 0 Å². The first-order valence-electron chi connectivity index (χ1n) is 7.46. The minimum Gasteiger partial charge on any atom is -0.381 e. The van der Waals surface area contributed by atoms with Gasteiger partial charge in [-0.2, -0.15) is 0 Å². The first-order chi connectivity index (χ1) is 8.43. The van der Waals surface area contributed by atoms with Gasteiger partial charge in [-0.15, -0.1) is 0 Å². The molecule has 106 valence electrons. The van der Waals surface area contributed by atoms with Crippen LogP contribution in [0.4, 0.5) is 0 Å². The van der Waals surface area contributed by atoms with Gasteiger partial charge < -0.3 is 10.1 Å². The zero-order valence-electron chi connectivity index (χ0n) is 12.7. The van der Waals surface area contributed by atoms with Crippen LogP contribution in [0.2, 0.25) is 0 Å². The van der Waals surface area contributed by atoms with Gasteiger partial charge in [0.1, 0.15) is 0 Å². The van der Waals surface area contributed by atoms with Gasteiger partial charge in [0, 0.05) is 37.8 Å². The lowest BCUT2D eigenvalue weighted by Gasteiger charge is -2.49. The summed E-state index contributed by atoms with van der Waals surface area (Å²) in [6, 6.07) is 1.40. The molecule has 3 unspecified atom stereocenters. The third kappa shape index (κ3) is 3.06. The van der Waals surface area contributed by atoms with Crippen molar-refractivity contribution in [3.05, 3.63) is 0 Å². The topological polar surface area (TPSA) is 24.5 Å². The van der Waals surface area contributed by atoms with Crippen molar-refractivity contribution in [3.63, 3.8) is 0 Å². The first-order valence-corrected chi connectivity index (χ1v) is 7.46. The molecule has 2 fully saturated rings. The molecule has 0 amide bonds. The predicted octanol–water partition coefficient (Wildman–Crippen LogP) is 2.26. The Bertz CT molecular complexity index is 278. The summed E-state index contributed by atoms with van der Waals surface area (Å²) in [7, 11) is 1.86. The molecule has 2 aliphatic rings. The number of hydrogen-bond acceptors (Lipinski definition) is 3. The van der Waals surface area contributed by atoms with Crippen LogP contribution in [-0.2, 0) is 4.74 Å². The molecule has 3 heteroatoms. The highest BCUT2D eigenvalue weighted by Gasteiger charge is 2.40. The van der Waals surface area contributed by atoms with Crippen LogP contribution in [0, 0.1) is 5.92 Å².